The molecule has 2 heterocycles. The summed E-state index contributed by atoms with van der Waals surface area (Å²) in [5.74, 6) is 0.0139. The Kier molecular flexibility index (Phi) is 6.10. The highest BCUT2D eigenvalue weighted by atomic mass is 35.5. The second-order valence-electron chi connectivity index (χ2n) is 7.22. The van der Waals surface area contributed by atoms with Gasteiger partial charge in [0.2, 0.25) is 6.10 Å². The molecule has 8 heteroatoms. The molecule has 0 radical (unpaired) electrons. The van der Waals surface area contributed by atoms with Gasteiger partial charge < -0.3 is 23.4 Å². The smallest absolute Gasteiger partial charge is 0.348 e. The lowest BCUT2D eigenvalue weighted by atomic mass is 9.88. The van der Waals surface area contributed by atoms with Crippen LogP contribution in [-0.2, 0) is 16.1 Å². The summed E-state index contributed by atoms with van der Waals surface area (Å²) in [4.78, 5) is 25.4. The summed E-state index contributed by atoms with van der Waals surface area (Å²) in [5.41, 5.74) is 0.939. The standard InChI is InChI=1S/C24H21ClO7/c1-13-11-18-20(23(26)31-13)19(22(32-18)24(27)29-3)15-8-6-10-17(28-2)21(15)30-12-14-7-4-5-9-16(14)25/h4-11,19,22H,12H2,1-3H3/t19-,22-/m1/s1. The number of aryl methyl sites for hydroxylation is 1. The molecule has 0 saturated heterocycles. The third kappa shape index (κ3) is 3.91. The maximum atomic E-state index is 12.8. The van der Waals surface area contributed by atoms with Gasteiger partial charge in [-0.2, -0.15) is 0 Å². The summed E-state index contributed by atoms with van der Waals surface area (Å²) in [6.45, 7) is 1.79. The van der Waals surface area contributed by atoms with E-state index in [2.05, 4.69) is 0 Å². The quantitative estimate of drug-likeness (QED) is 0.512. The van der Waals surface area contributed by atoms with Gasteiger partial charge in [-0.3, -0.25) is 0 Å². The second-order valence-corrected chi connectivity index (χ2v) is 7.63. The highest BCUT2D eigenvalue weighted by molar-refractivity contribution is 6.31. The molecule has 32 heavy (non-hydrogen) atoms. The Balaban J connectivity index is 1.84. The molecule has 0 bridgehead atoms. The van der Waals surface area contributed by atoms with Crippen molar-refractivity contribution in [2.75, 3.05) is 14.2 Å². The molecule has 0 aliphatic carbocycles. The predicted molar refractivity (Wildman–Crippen MR) is 117 cm³/mol. The Morgan fingerprint density at radius 2 is 1.91 bits per heavy atom. The molecular weight excluding hydrogens is 436 g/mol. The first-order chi connectivity index (χ1) is 15.4. The van der Waals surface area contributed by atoms with Gasteiger partial charge in [0.25, 0.3) is 0 Å². The molecule has 1 aliphatic rings. The number of carbonyl (C=O) groups is 1. The number of para-hydroxylation sites is 1. The zero-order chi connectivity index (χ0) is 22.8. The van der Waals surface area contributed by atoms with E-state index in [1.165, 1.54) is 14.2 Å². The third-order valence-electron chi connectivity index (χ3n) is 5.27. The predicted octanol–water partition coefficient (Wildman–Crippen LogP) is 4.26. The zero-order valence-corrected chi connectivity index (χ0v) is 18.5. The van der Waals surface area contributed by atoms with E-state index >= 15 is 0 Å². The Morgan fingerprint density at radius 3 is 2.62 bits per heavy atom. The van der Waals surface area contributed by atoms with Gasteiger partial charge in [-0.15, -0.1) is 0 Å². The minimum atomic E-state index is -1.09. The van der Waals surface area contributed by atoms with Crippen molar-refractivity contribution in [3.8, 4) is 17.2 Å². The Labute approximate surface area is 189 Å². The maximum absolute atomic E-state index is 12.8. The monoisotopic (exact) mass is 456 g/mol. The molecule has 166 valence electrons. The lowest BCUT2D eigenvalue weighted by Gasteiger charge is -2.21. The number of ether oxygens (including phenoxy) is 4. The first kappa shape index (κ1) is 21.8. The Hall–Kier alpha value is -3.45. The number of esters is 1. The van der Waals surface area contributed by atoms with Crippen LogP contribution in [0, 0.1) is 6.92 Å². The van der Waals surface area contributed by atoms with Crippen LogP contribution in [0.3, 0.4) is 0 Å². The van der Waals surface area contributed by atoms with Crippen LogP contribution >= 0.6 is 11.6 Å². The van der Waals surface area contributed by atoms with E-state index in [4.69, 9.17) is 35.0 Å². The minimum absolute atomic E-state index is 0.152. The summed E-state index contributed by atoms with van der Waals surface area (Å²) in [7, 11) is 2.77. The highest BCUT2D eigenvalue weighted by Gasteiger charge is 2.45. The average molecular weight is 457 g/mol. The van der Waals surface area contributed by atoms with E-state index in [9.17, 15) is 9.59 Å². The normalized spacial score (nSPS) is 16.8. The molecule has 0 saturated carbocycles. The van der Waals surface area contributed by atoms with Gasteiger partial charge in [0.1, 0.15) is 18.1 Å². The van der Waals surface area contributed by atoms with Crippen molar-refractivity contribution >= 4 is 17.6 Å². The molecule has 4 rings (SSSR count). The summed E-state index contributed by atoms with van der Waals surface area (Å²) in [6, 6.07) is 14.1. The molecule has 0 N–H and O–H groups in total. The molecule has 0 fully saturated rings. The molecule has 2 aromatic carbocycles. The molecule has 3 aromatic rings. The fraction of sp³-hybridized carbons (Fsp3) is 0.250. The molecule has 7 nitrogen and oxygen atoms in total. The highest BCUT2D eigenvalue weighted by Crippen LogP contribution is 2.47. The van der Waals surface area contributed by atoms with Crippen LogP contribution in [0.1, 0.15) is 28.4 Å². The van der Waals surface area contributed by atoms with Gasteiger partial charge >= 0.3 is 11.6 Å². The fourth-order valence-electron chi connectivity index (χ4n) is 3.80. The topological polar surface area (TPSA) is 84.2 Å². The Bertz CT molecular complexity index is 1220. The van der Waals surface area contributed by atoms with Crippen LogP contribution in [0.15, 0.2) is 57.7 Å². The molecule has 0 amide bonds. The van der Waals surface area contributed by atoms with Crippen LogP contribution in [0.2, 0.25) is 5.02 Å². The van der Waals surface area contributed by atoms with E-state index in [-0.39, 0.29) is 17.9 Å². The molecule has 1 aliphatic heterocycles. The number of hydrogen-bond acceptors (Lipinski definition) is 7. The third-order valence-corrected chi connectivity index (χ3v) is 5.64. The van der Waals surface area contributed by atoms with Crippen LogP contribution in [0.4, 0.5) is 0 Å². The Morgan fingerprint density at radius 1 is 1.12 bits per heavy atom. The molecule has 0 unspecified atom stereocenters. The van der Waals surface area contributed by atoms with Crippen LogP contribution < -0.4 is 19.8 Å². The van der Waals surface area contributed by atoms with Crippen molar-refractivity contribution in [1.29, 1.82) is 0 Å². The van der Waals surface area contributed by atoms with Crippen molar-refractivity contribution in [2.45, 2.75) is 25.6 Å². The van der Waals surface area contributed by atoms with Crippen molar-refractivity contribution in [3.63, 3.8) is 0 Å². The first-order valence-electron chi connectivity index (χ1n) is 9.86. The number of rotatable bonds is 6. The van der Waals surface area contributed by atoms with E-state index < -0.39 is 23.6 Å². The molecule has 1 aromatic heterocycles. The van der Waals surface area contributed by atoms with Crippen LogP contribution in [-0.4, -0.2) is 26.3 Å². The van der Waals surface area contributed by atoms with Crippen molar-refractivity contribution in [2.24, 2.45) is 0 Å². The van der Waals surface area contributed by atoms with Gasteiger partial charge in [0.05, 0.1) is 25.7 Å². The van der Waals surface area contributed by atoms with Gasteiger partial charge in [-0.05, 0) is 19.1 Å². The molecular formula is C24H21ClO7. The van der Waals surface area contributed by atoms with Gasteiger partial charge in [-0.25, -0.2) is 9.59 Å². The first-order valence-corrected chi connectivity index (χ1v) is 10.2. The average Bonchev–Trinajstić information content (AvgIpc) is 3.17. The summed E-state index contributed by atoms with van der Waals surface area (Å²) >= 11 is 6.27. The van der Waals surface area contributed by atoms with Crippen molar-refractivity contribution in [3.05, 3.63) is 86.4 Å². The van der Waals surface area contributed by atoms with E-state index in [1.54, 1.807) is 37.3 Å². The van der Waals surface area contributed by atoms with Crippen molar-refractivity contribution in [1.82, 2.24) is 0 Å². The van der Waals surface area contributed by atoms with E-state index in [0.29, 0.717) is 27.8 Å². The zero-order valence-electron chi connectivity index (χ0n) is 17.7. The van der Waals surface area contributed by atoms with Crippen LogP contribution in [0.5, 0.6) is 17.2 Å². The number of hydrogen-bond donors (Lipinski definition) is 0. The number of methoxy groups -OCH3 is 2. The van der Waals surface area contributed by atoms with Gasteiger partial charge in [-0.1, -0.05) is 41.9 Å². The van der Waals surface area contributed by atoms with Gasteiger partial charge in [0, 0.05) is 22.2 Å². The lowest BCUT2D eigenvalue weighted by Crippen LogP contribution is -2.32. The summed E-state index contributed by atoms with van der Waals surface area (Å²) in [6.07, 6.45) is -1.09. The number of fused-ring (bicyclic) bond motifs is 1. The second kappa shape index (κ2) is 8.96. The maximum Gasteiger partial charge on any atom is 0.348 e. The summed E-state index contributed by atoms with van der Waals surface area (Å²) < 4.78 is 27.7. The number of carbonyl (C=O) groups excluding carboxylic acids is 1. The van der Waals surface area contributed by atoms with E-state index in [1.807, 2.05) is 18.2 Å². The molecule has 0 spiro atoms. The van der Waals surface area contributed by atoms with E-state index in [0.717, 1.165) is 5.56 Å². The minimum Gasteiger partial charge on any atom is -0.493 e. The summed E-state index contributed by atoms with van der Waals surface area (Å²) in [5, 5.41) is 0.557. The molecule has 2 atom stereocenters. The number of halogens is 1. The van der Waals surface area contributed by atoms with Gasteiger partial charge in [0.15, 0.2) is 11.5 Å². The fourth-order valence-corrected chi connectivity index (χ4v) is 4.00. The van der Waals surface area contributed by atoms with Crippen molar-refractivity contribution < 1.29 is 28.2 Å². The largest absolute Gasteiger partial charge is 0.493 e. The van der Waals surface area contributed by atoms with Crippen LogP contribution in [0.25, 0.3) is 0 Å². The SMILES string of the molecule is COC(=O)[C@@H]1Oc2cc(C)oc(=O)c2[C@H]1c1cccc(OC)c1OCc1ccccc1Cl. The number of benzene rings is 2. The lowest BCUT2D eigenvalue weighted by molar-refractivity contribution is -0.148.